The minimum atomic E-state index is -0.620. The normalized spacial score (nSPS) is 11.8. The van der Waals surface area contributed by atoms with Crippen LogP contribution in [0.3, 0.4) is 0 Å². The predicted molar refractivity (Wildman–Crippen MR) is 62.1 cm³/mol. The summed E-state index contributed by atoms with van der Waals surface area (Å²) in [7, 11) is 1.23. The summed E-state index contributed by atoms with van der Waals surface area (Å²) in [4.78, 5) is 25.8. The van der Waals surface area contributed by atoms with Crippen LogP contribution in [0, 0.1) is 10.1 Å². The molecular weight excluding hydrogens is 240 g/mol. The summed E-state index contributed by atoms with van der Waals surface area (Å²) in [5.74, 6) is -0.560. The fourth-order valence-corrected chi connectivity index (χ4v) is 1.31. The van der Waals surface area contributed by atoms with Crippen LogP contribution in [0.5, 0.6) is 0 Å². The zero-order chi connectivity index (χ0) is 13.4. The van der Waals surface area contributed by atoms with Crippen molar-refractivity contribution in [1.82, 2.24) is 5.48 Å². The van der Waals surface area contributed by atoms with Crippen LogP contribution in [0.4, 0.5) is 0 Å². The van der Waals surface area contributed by atoms with Gasteiger partial charge in [-0.1, -0.05) is 30.3 Å². The Morgan fingerprint density at radius 2 is 2.11 bits per heavy atom. The molecule has 0 radical (unpaired) electrons. The minimum Gasteiger partial charge on any atom is -0.467 e. The van der Waals surface area contributed by atoms with E-state index in [-0.39, 0.29) is 13.2 Å². The molecule has 0 aromatic heterocycles. The zero-order valence-electron chi connectivity index (χ0n) is 9.87. The van der Waals surface area contributed by atoms with E-state index in [1.807, 2.05) is 6.07 Å². The second-order valence-corrected chi connectivity index (χ2v) is 3.46. The van der Waals surface area contributed by atoms with Gasteiger partial charge in [-0.15, -0.1) is 0 Å². The molecule has 0 saturated heterocycles. The van der Waals surface area contributed by atoms with E-state index in [0.29, 0.717) is 5.56 Å². The lowest BCUT2D eigenvalue weighted by Crippen LogP contribution is -2.30. The van der Waals surface area contributed by atoms with Crippen LogP contribution in [0.15, 0.2) is 30.3 Å². The maximum absolute atomic E-state index is 10.8. The number of carbonyl (C=O) groups excluding carboxylic acids is 1. The van der Waals surface area contributed by atoms with Gasteiger partial charge in [0.25, 0.3) is 0 Å². The van der Waals surface area contributed by atoms with Crippen LogP contribution >= 0.6 is 0 Å². The Kier molecular flexibility index (Phi) is 5.75. The van der Waals surface area contributed by atoms with E-state index >= 15 is 0 Å². The topological polar surface area (TPSA) is 90.7 Å². The Morgan fingerprint density at radius 3 is 2.67 bits per heavy atom. The smallest absolute Gasteiger partial charge is 0.333 e. The number of hydrogen-bond acceptors (Lipinski definition) is 6. The molecule has 98 valence electrons. The van der Waals surface area contributed by atoms with Crippen molar-refractivity contribution >= 4 is 5.97 Å². The van der Waals surface area contributed by atoms with E-state index in [1.165, 1.54) is 7.11 Å². The minimum absolute atomic E-state index is 0.308. The van der Waals surface area contributed by atoms with Crippen molar-refractivity contribution in [3.63, 3.8) is 0 Å². The Balaban J connectivity index is 2.57. The molecule has 0 aliphatic rings. The van der Waals surface area contributed by atoms with E-state index in [0.717, 1.165) is 0 Å². The molecule has 0 saturated carbocycles. The second-order valence-electron chi connectivity index (χ2n) is 3.46. The van der Waals surface area contributed by atoms with Crippen molar-refractivity contribution < 1.29 is 19.3 Å². The number of methoxy groups -OCH3 is 1. The van der Waals surface area contributed by atoms with Gasteiger partial charge in [0.1, 0.15) is 6.04 Å². The first-order chi connectivity index (χ1) is 8.63. The maximum atomic E-state index is 10.8. The molecule has 0 spiro atoms. The third kappa shape index (κ3) is 4.89. The third-order valence-corrected chi connectivity index (χ3v) is 2.18. The van der Waals surface area contributed by atoms with Gasteiger partial charge in [-0.3, -0.25) is 15.0 Å². The average molecular weight is 254 g/mol. The van der Waals surface area contributed by atoms with Crippen LogP contribution in [0.1, 0.15) is 11.6 Å². The van der Waals surface area contributed by atoms with Crippen molar-refractivity contribution in [3.8, 4) is 0 Å². The Hall–Kier alpha value is -1.99. The van der Waals surface area contributed by atoms with Gasteiger partial charge < -0.3 is 4.74 Å². The number of rotatable bonds is 7. The summed E-state index contributed by atoms with van der Waals surface area (Å²) >= 11 is 0. The summed E-state index contributed by atoms with van der Waals surface area (Å²) in [5.41, 5.74) is 3.20. The second kappa shape index (κ2) is 7.36. The lowest BCUT2D eigenvalue weighted by Gasteiger charge is -2.14. The van der Waals surface area contributed by atoms with Crippen LogP contribution in [-0.4, -0.2) is 31.2 Å². The molecule has 0 heterocycles. The summed E-state index contributed by atoms with van der Waals surface area (Å²) < 4.78 is 4.38. The molecule has 18 heavy (non-hydrogen) atoms. The van der Waals surface area contributed by atoms with Gasteiger partial charge >= 0.3 is 5.97 Å². The van der Waals surface area contributed by atoms with Gasteiger partial charge in [0.15, 0.2) is 6.61 Å². The summed E-state index contributed by atoms with van der Waals surface area (Å²) in [6.07, 6.45) is 0. The quantitative estimate of drug-likeness (QED) is 0.437. The fourth-order valence-electron chi connectivity index (χ4n) is 1.31. The highest BCUT2D eigenvalue weighted by Crippen LogP contribution is 2.12. The van der Waals surface area contributed by atoms with E-state index in [4.69, 9.17) is 4.84 Å². The van der Waals surface area contributed by atoms with Gasteiger partial charge in [0, 0.05) is 4.92 Å². The molecular formula is C11H14N2O5. The van der Waals surface area contributed by atoms with Crippen LogP contribution in [0.25, 0.3) is 0 Å². The molecule has 1 aromatic rings. The van der Waals surface area contributed by atoms with Crippen molar-refractivity contribution in [1.29, 1.82) is 0 Å². The first-order valence-electron chi connectivity index (χ1n) is 5.24. The lowest BCUT2D eigenvalue weighted by atomic mass is 10.1. The molecule has 1 atom stereocenters. The van der Waals surface area contributed by atoms with Crippen molar-refractivity contribution in [3.05, 3.63) is 46.0 Å². The molecule has 1 N–H and O–H groups in total. The number of nitrogens with zero attached hydrogens (tertiary/aromatic N) is 1. The Morgan fingerprint density at radius 1 is 1.44 bits per heavy atom. The third-order valence-electron chi connectivity index (χ3n) is 2.18. The standard InChI is InChI=1S/C11H14N2O5/c1-17-11(14)8-18-12-10(7-13(15)16)9-5-3-2-4-6-9/h2-6,10,12H,7-8H2,1H3. The number of hydrogen-bond donors (Lipinski definition) is 1. The average Bonchev–Trinajstić information content (AvgIpc) is 2.38. The number of hydroxylamine groups is 1. The summed E-state index contributed by atoms with van der Waals surface area (Å²) in [6, 6.07) is 8.20. The number of nitro groups is 1. The van der Waals surface area contributed by atoms with Crippen LogP contribution < -0.4 is 5.48 Å². The van der Waals surface area contributed by atoms with Gasteiger partial charge in [0.05, 0.1) is 7.11 Å². The first kappa shape index (κ1) is 14.1. The monoisotopic (exact) mass is 254 g/mol. The highest BCUT2D eigenvalue weighted by molar-refractivity contribution is 5.70. The number of benzene rings is 1. The zero-order valence-corrected chi connectivity index (χ0v) is 9.87. The molecule has 0 aliphatic heterocycles. The highest BCUT2D eigenvalue weighted by Gasteiger charge is 2.18. The molecule has 1 unspecified atom stereocenters. The largest absolute Gasteiger partial charge is 0.467 e. The lowest BCUT2D eigenvalue weighted by molar-refractivity contribution is -0.486. The van der Waals surface area contributed by atoms with Crippen molar-refractivity contribution in [2.45, 2.75) is 6.04 Å². The Labute approximate surface area is 104 Å². The van der Waals surface area contributed by atoms with Crippen molar-refractivity contribution in [2.24, 2.45) is 0 Å². The molecule has 0 amide bonds. The molecule has 1 rings (SSSR count). The number of nitrogens with one attached hydrogen (secondary N) is 1. The summed E-state index contributed by atoms with van der Waals surface area (Å²) in [6.45, 7) is -0.650. The molecule has 7 heteroatoms. The predicted octanol–water partition coefficient (Wildman–Crippen LogP) is 0.699. The van der Waals surface area contributed by atoms with Crippen LogP contribution in [-0.2, 0) is 14.4 Å². The van der Waals surface area contributed by atoms with Gasteiger partial charge in [-0.25, -0.2) is 4.79 Å². The molecule has 0 bridgehead atoms. The maximum Gasteiger partial charge on any atom is 0.333 e. The summed E-state index contributed by atoms with van der Waals surface area (Å²) in [5, 5.41) is 10.6. The van der Waals surface area contributed by atoms with Gasteiger partial charge in [-0.05, 0) is 5.56 Å². The number of ether oxygens (including phenoxy) is 1. The van der Waals surface area contributed by atoms with E-state index in [9.17, 15) is 14.9 Å². The molecule has 7 nitrogen and oxygen atoms in total. The van der Waals surface area contributed by atoms with E-state index in [1.54, 1.807) is 24.3 Å². The van der Waals surface area contributed by atoms with Gasteiger partial charge in [-0.2, -0.15) is 5.48 Å². The Bertz CT molecular complexity index is 396. The van der Waals surface area contributed by atoms with E-state index < -0.39 is 16.9 Å². The highest BCUT2D eigenvalue weighted by atomic mass is 16.7. The molecule has 0 fully saturated rings. The van der Waals surface area contributed by atoms with Crippen molar-refractivity contribution in [2.75, 3.05) is 20.3 Å². The van der Waals surface area contributed by atoms with Crippen LogP contribution in [0.2, 0.25) is 0 Å². The SMILES string of the molecule is COC(=O)CONC(C[N+](=O)[O-])c1ccccc1. The first-order valence-corrected chi connectivity index (χ1v) is 5.24. The molecule has 1 aromatic carbocycles. The number of esters is 1. The van der Waals surface area contributed by atoms with E-state index in [2.05, 4.69) is 10.2 Å². The number of carbonyl (C=O) groups is 1. The van der Waals surface area contributed by atoms with Gasteiger partial charge in [0.2, 0.25) is 6.54 Å². The molecule has 0 aliphatic carbocycles. The fraction of sp³-hybridized carbons (Fsp3) is 0.364.